The molecule has 0 saturated heterocycles. The average Bonchev–Trinajstić information content (AvgIpc) is 2.20. The van der Waals surface area contributed by atoms with Gasteiger partial charge in [0.2, 0.25) is 0 Å². The molecule has 1 aromatic carbocycles. The van der Waals surface area contributed by atoms with Gasteiger partial charge in [0.05, 0.1) is 6.42 Å². The average molecular weight is 210 g/mol. The van der Waals surface area contributed by atoms with Gasteiger partial charge in [0.1, 0.15) is 15.4 Å². The van der Waals surface area contributed by atoms with Crippen molar-refractivity contribution in [1.29, 1.82) is 0 Å². The molecule has 6 heteroatoms. The molecule has 0 radical (unpaired) electrons. The molecular formula is C9H10N2O4. The highest BCUT2D eigenvalue weighted by molar-refractivity contribution is 5.19. The predicted molar refractivity (Wildman–Crippen MR) is 52.4 cm³/mol. The summed E-state index contributed by atoms with van der Waals surface area (Å²) >= 11 is 0. The highest BCUT2D eigenvalue weighted by Crippen LogP contribution is 2.28. The van der Waals surface area contributed by atoms with E-state index in [4.69, 9.17) is 0 Å². The Morgan fingerprint density at radius 1 is 1.13 bits per heavy atom. The Labute approximate surface area is 85.8 Å². The molecule has 0 aliphatic rings. The first kappa shape index (κ1) is 11.1. The first-order valence-electron chi connectivity index (χ1n) is 4.40. The van der Waals surface area contributed by atoms with Crippen molar-refractivity contribution in [3.63, 3.8) is 0 Å². The quantitative estimate of drug-likeness (QED) is 0.430. The highest BCUT2D eigenvalue weighted by atomic mass is 16.7. The molecule has 0 aliphatic heterocycles. The van der Waals surface area contributed by atoms with Crippen LogP contribution in [0.15, 0.2) is 30.3 Å². The number of nitro groups is 2. The van der Waals surface area contributed by atoms with Gasteiger partial charge in [-0.25, -0.2) is 0 Å². The van der Waals surface area contributed by atoms with E-state index in [0.717, 1.165) is 0 Å². The molecule has 0 saturated carbocycles. The van der Waals surface area contributed by atoms with Gasteiger partial charge in [-0.3, -0.25) is 20.2 Å². The molecule has 0 bridgehead atoms. The lowest BCUT2D eigenvalue weighted by Crippen LogP contribution is -2.42. The van der Waals surface area contributed by atoms with E-state index in [1.54, 1.807) is 18.2 Å². The minimum Gasteiger partial charge on any atom is -0.258 e. The molecular weight excluding hydrogens is 200 g/mol. The van der Waals surface area contributed by atoms with Gasteiger partial charge in [-0.1, -0.05) is 25.1 Å². The number of benzene rings is 1. The van der Waals surface area contributed by atoms with Crippen molar-refractivity contribution in [2.75, 3.05) is 0 Å². The van der Waals surface area contributed by atoms with Gasteiger partial charge in [-0.2, -0.15) is 0 Å². The van der Waals surface area contributed by atoms with Crippen LogP contribution in [0.25, 0.3) is 0 Å². The highest BCUT2D eigenvalue weighted by Gasteiger charge is 2.56. The van der Waals surface area contributed by atoms with Crippen LogP contribution in [0.3, 0.4) is 0 Å². The van der Waals surface area contributed by atoms with Crippen molar-refractivity contribution in [1.82, 2.24) is 0 Å². The summed E-state index contributed by atoms with van der Waals surface area (Å²) in [5, 5.41) is 21.7. The van der Waals surface area contributed by atoms with Crippen molar-refractivity contribution in [2.24, 2.45) is 0 Å². The van der Waals surface area contributed by atoms with E-state index in [0.29, 0.717) is 0 Å². The molecule has 0 atom stereocenters. The largest absolute Gasteiger partial charge is 0.484 e. The second-order valence-electron chi connectivity index (χ2n) is 3.05. The number of nitrogens with zero attached hydrogens (tertiary/aromatic N) is 2. The summed E-state index contributed by atoms with van der Waals surface area (Å²) in [6, 6.07) is 7.55. The maximum atomic E-state index is 10.9. The third-order valence-corrected chi connectivity index (χ3v) is 2.33. The summed E-state index contributed by atoms with van der Waals surface area (Å²) in [6.45, 7) is 1.43. The third kappa shape index (κ3) is 1.65. The SMILES string of the molecule is CCC(c1ccccc1)([N+](=O)[O-])[N+](=O)[O-]. The van der Waals surface area contributed by atoms with Crippen molar-refractivity contribution in [3.8, 4) is 0 Å². The lowest BCUT2D eigenvalue weighted by atomic mass is 9.98. The van der Waals surface area contributed by atoms with Crippen LogP contribution in [0.5, 0.6) is 0 Å². The van der Waals surface area contributed by atoms with Gasteiger partial charge in [0, 0.05) is 0 Å². The van der Waals surface area contributed by atoms with E-state index in [1.165, 1.54) is 19.1 Å². The van der Waals surface area contributed by atoms with Crippen LogP contribution in [-0.4, -0.2) is 9.85 Å². The normalized spacial score (nSPS) is 11.0. The summed E-state index contributed by atoms with van der Waals surface area (Å²) in [5.74, 6) is 0. The van der Waals surface area contributed by atoms with Gasteiger partial charge in [-0.15, -0.1) is 0 Å². The molecule has 0 unspecified atom stereocenters. The van der Waals surface area contributed by atoms with E-state index in [1.807, 2.05) is 0 Å². The first-order chi connectivity index (χ1) is 7.05. The molecule has 0 aromatic heterocycles. The second kappa shape index (κ2) is 4.04. The van der Waals surface area contributed by atoms with Crippen molar-refractivity contribution in [3.05, 3.63) is 56.1 Å². The van der Waals surface area contributed by atoms with Crippen LogP contribution in [0.2, 0.25) is 0 Å². The standard InChI is InChI=1S/C9H10N2O4/c1-2-9(10(12)13,11(14)15)8-6-4-3-5-7-8/h3-7H,2H2,1H3. The fraction of sp³-hybridized carbons (Fsp3) is 0.333. The Morgan fingerprint density at radius 2 is 1.60 bits per heavy atom. The van der Waals surface area contributed by atoms with Crippen molar-refractivity contribution < 1.29 is 9.85 Å². The molecule has 0 heterocycles. The molecule has 0 fully saturated rings. The first-order valence-corrected chi connectivity index (χ1v) is 4.40. The van der Waals surface area contributed by atoms with Crippen LogP contribution in [-0.2, 0) is 5.66 Å². The zero-order valence-electron chi connectivity index (χ0n) is 8.12. The third-order valence-electron chi connectivity index (χ3n) is 2.33. The summed E-state index contributed by atoms with van der Waals surface area (Å²) in [6.07, 6.45) is -0.184. The Bertz CT molecular complexity index is 363. The van der Waals surface area contributed by atoms with Gasteiger partial charge < -0.3 is 0 Å². The number of hydrogen-bond acceptors (Lipinski definition) is 4. The van der Waals surface area contributed by atoms with Gasteiger partial charge >= 0.3 is 5.66 Å². The molecule has 1 rings (SSSR count). The Hall–Kier alpha value is -1.98. The topological polar surface area (TPSA) is 86.3 Å². The minimum atomic E-state index is -2.22. The van der Waals surface area contributed by atoms with E-state index in [2.05, 4.69) is 0 Å². The Balaban J connectivity index is 3.35. The Kier molecular flexibility index (Phi) is 2.99. The lowest BCUT2D eigenvalue weighted by Gasteiger charge is -2.15. The smallest absolute Gasteiger partial charge is 0.258 e. The van der Waals surface area contributed by atoms with Crippen molar-refractivity contribution >= 4 is 0 Å². The summed E-state index contributed by atoms with van der Waals surface area (Å²) in [5.41, 5.74) is -2.12. The van der Waals surface area contributed by atoms with Crippen LogP contribution < -0.4 is 0 Å². The molecule has 0 amide bonds. The molecule has 0 spiro atoms. The molecule has 15 heavy (non-hydrogen) atoms. The van der Waals surface area contributed by atoms with Gasteiger partial charge in [0.25, 0.3) is 0 Å². The predicted octanol–water partition coefficient (Wildman–Crippen LogP) is 1.80. The van der Waals surface area contributed by atoms with E-state index < -0.39 is 15.5 Å². The van der Waals surface area contributed by atoms with E-state index in [-0.39, 0.29) is 12.0 Å². The van der Waals surface area contributed by atoms with E-state index in [9.17, 15) is 20.2 Å². The number of rotatable bonds is 4. The van der Waals surface area contributed by atoms with E-state index >= 15 is 0 Å². The molecule has 0 N–H and O–H groups in total. The van der Waals surface area contributed by atoms with Crippen molar-refractivity contribution in [2.45, 2.75) is 19.0 Å². The maximum Gasteiger partial charge on any atom is 0.484 e. The lowest BCUT2D eigenvalue weighted by molar-refractivity contribution is -0.811. The zero-order valence-corrected chi connectivity index (χ0v) is 8.12. The van der Waals surface area contributed by atoms with Crippen LogP contribution in [0.4, 0.5) is 0 Å². The fourth-order valence-electron chi connectivity index (χ4n) is 1.44. The summed E-state index contributed by atoms with van der Waals surface area (Å²) in [7, 11) is 0. The minimum absolute atomic E-state index is 0.0995. The second-order valence-corrected chi connectivity index (χ2v) is 3.05. The molecule has 0 aliphatic carbocycles. The van der Waals surface area contributed by atoms with Gasteiger partial charge in [-0.05, 0) is 12.1 Å². The fourth-order valence-corrected chi connectivity index (χ4v) is 1.44. The van der Waals surface area contributed by atoms with Crippen LogP contribution >= 0.6 is 0 Å². The molecule has 80 valence electrons. The zero-order chi connectivity index (χ0) is 11.5. The summed E-state index contributed by atoms with van der Waals surface area (Å²) in [4.78, 5) is 20.0. The van der Waals surface area contributed by atoms with Gasteiger partial charge in [0.15, 0.2) is 0 Å². The number of hydrogen-bond donors (Lipinski definition) is 0. The molecule has 1 aromatic rings. The monoisotopic (exact) mass is 210 g/mol. The van der Waals surface area contributed by atoms with Crippen LogP contribution in [0.1, 0.15) is 18.9 Å². The molecule has 6 nitrogen and oxygen atoms in total. The summed E-state index contributed by atoms with van der Waals surface area (Å²) < 4.78 is 0. The van der Waals surface area contributed by atoms with Crippen LogP contribution in [0, 0.1) is 20.2 Å². The Morgan fingerprint density at radius 3 is 1.93 bits per heavy atom. The maximum absolute atomic E-state index is 10.9.